The fourth-order valence-corrected chi connectivity index (χ4v) is 6.57. The van der Waals surface area contributed by atoms with Crippen LogP contribution in [0.2, 0.25) is 5.02 Å². The van der Waals surface area contributed by atoms with Gasteiger partial charge in [0.25, 0.3) is 5.56 Å². The maximum absolute atomic E-state index is 13.2. The Labute approximate surface area is 207 Å². The van der Waals surface area contributed by atoms with Crippen LogP contribution in [0.25, 0.3) is 20.7 Å². The normalized spacial score (nSPS) is 22.4. The molecule has 0 spiro atoms. The molecule has 6 rings (SSSR count). The lowest BCUT2D eigenvalue weighted by molar-refractivity contribution is 0.0661. The van der Waals surface area contributed by atoms with Gasteiger partial charge in [-0.05, 0) is 74.2 Å². The van der Waals surface area contributed by atoms with Crippen molar-refractivity contribution < 1.29 is 4.74 Å². The molecule has 2 aliphatic heterocycles. The van der Waals surface area contributed by atoms with Crippen LogP contribution in [0.1, 0.15) is 31.2 Å². The molecule has 2 saturated heterocycles. The Bertz CT molecular complexity index is 1380. The van der Waals surface area contributed by atoms with Crippen molar-refractivity contribution in [1.82, 2.24) is 14.5 Å². The van der Waals surface area contributed by atoms with Crippen molar-refractivity contribution in [2.75, 3.05) is 7.05 Å². The SMILES string of the molecule is CN1[C@H]2CC[C@H]1CC(Oc1cccc(Cn3cnc4cc(-c5ccc(Cl)cc5)sc4c3=O)c1)C2. The van der Waals surface area contributed by atoms with Crippen LogP contribution in [-0.2, 0) is 6.54 Å². The summed E-state index contributed by atoms with van der Waals surface area (Å²) in [6.45, 7) is 0.464. The fourth-order valence-electron chi connectivity index (χ4n) is 5.38. The standard InChI is InChI=1S/C27H26ClN3O2S/c1-30-20-9-10-21(30)13-23(12-20)33-22-4-2-3-17(11-22)15-31-16-29-24-14-25(34-26(24)27(31)32)18-5-7-19(28)8-6-18/h2-8,11,14,16,20-21,23H,9-10,12-13,15H2,1H3/t20-,21-/m0/s1. The summed E-state index contributed by atoms with van der Waals surface area (Å²) >= 11 is 7.49. The second-order valence-corrected chi connectivity index (χ2v) is 10.9. The van der Waals surface area contributed by atoms with E-state index in [1.807, 2.05) is 48.5 Å². The number of aromatic nitrogens is 2. The van der Waals surface area contributed by atoms with Gasteiger partial charge in [-0.15, -0.1) is 11.3 Å². The minimum absolute atomic E-state index is 0.0200. The third kappa shape index (κ3) is 4.15. The minimum atomic E-state index is -0.0200. The average molecular weight is 492 g/mol. The van der Waals surface area contributed by atoms with E-state index in [9.17, 15) is 4.79 Å². The number of ether oxygens (including phenoxy) is 1. The summed E-state index contributed by atoms with van der Waals surface area (Å²) < 4.78 is 8.74. The van der Waals surface area contributed by atoms with Crippen LogP contribution in [0.3, 0.4) is 0 Å². The van der Waals surface area contributed by atoms with E-state index in [0.29, 0.717) is 28.4 Å². The predicted molar refractivity (Wildman–Crippen MR) is 138 cm³/mol. The molecule has 7 heteroatoms. The van der Waals surface area contributed by atoms with Crippen molar-refractivity contribution in [3.8, 4) is 16.2 Å². The van der Waals surface area contributed by atoms with Gasteiger partial charge in [-0.2, -0.15) is 0 Å². The highest BCUT2D eigenvalue weighted by Gasteiger charge is 2.39. The topological polar surface area (TPSA) is 47.4 Å². The molecule has 0 aliphatic carbocycles. The predicted octanol–water partition coefficient (Wildman–Crippen LogP) is 5.83. The first-order valence-electron chi connectivity index (χ1n) is 11.8. The van der Waals surface area contributed by atoms with Crippen molar-refractivity contribution >= 4 is 33.2 Å². The number of hydrogen-bond donors (Lipinski definition) is 0. The third-order valence-electron chi connectivity index (χ3n) is 7.24. The van der Waals surface area contributed by atoms with E-state index in [1.54, 1.807) is 10.9 Å². The van der Waals surface area contributed by atoms with Gasteiger partial charge in [-0.1, -0.05) is 35.9 Å². The van der Waals surface area contributed by atoms with Crippen molar-refractivity contribution in [2.24, 2.45) is 0 Å². The van der Waals surface area contributed by atoms with Gasteiger partial charge in [0, 0.05) is 22.0 Å². The lowest BCUT2D eigenvalue weighted by Crippen LogP contribution is -2.43. The summed E-state index contributed by atoms with van der Waals surface area (Å²) in [5.41, 5.74) is 2.77. The molecule has 5 nitrogen and oxygen atoms in total. The zero-order chi connectivity index (χ0) is 23.2. The van der Waals surface area contributed by atoms with Gasteiger partial charge < -0.3 is 9.64 Å². The maximum atomic E-state index is 13.2. The lowest BCUT2D eigenvalue weighted by atomic mass is 10.0. The molecule has 2 bridgehead atoms. The number of rotatable bonds is 5. The van der Waals surface area contributed by atoms with E-state index in [4.69, 9.17) is 16.3 Å². The highest BCUT2D eigenvalue weighted by molar-refractivity contribution is 7.22. The molecule has 2 atom stereocenters. The quantitative estimate of drug-likeness (QED) is 0.352. The molecule has 4 heterocycles. The zero-order valence-corrected chi connectivity index (χ0v) is 20.6. The smallest absolute Gasteiger partial charge is 0.271 e. The molecule has 4 aromatic rings. The molecule has 2 aromatic carbocycles. The van der Waals surface area contributed by atoms with Crippen molar-refractivity contribution in [1.29, 1.82) is 0 Å². The first kappa shape index (κ1) is 21.8. The number of benzene rings is 2. The summed E-state index contributed by atoms with van der Waals surface area (Å²) in [4.78, 5) is 21.3. The Morgan fingerprint density at radius 1 is 1.09 bits per heavy atom. The maximum Gasteiger partial charge on any atom is 0.271 e. The highest BCUT2D eigenvalue weighted by atomic mass is 35.5. The van der Waals surface area contributed by atoms with Crippen molar-refractivity contribution in [2.45, 2.75) is 50.4 Å². The van der Waals surface area contributed by atoms with E-state index in [1.165, 1.54) is 24.2 Å². The fraction of sp³-hybridized carbons (Fsp3) is 0.333. The minimum Gasteiger partial charge on any atom is -0.490 e. The number of nitrogens with zero attached hydrogens (tertiary/aromatic N) is 3. The highest BCUT2D eigenvalue weighted by Crippen LogP contribution is 2.36. The Kier molecular flexibility index (Phi) is 5.68. The Morgan fingerprint density at radius 2 is 1.85 bits per heavy atom. The van der Waals surface area contributed by atoms with Gasteiger partial charge in [0.1, 0.15) is 16.6 Å². The lowest BCUT2D eigenvalue weighted by Gasteiger charge is -2.36. The van der Waals surface area contributed by atoms with E-state index in [0.717, 1.165) is 40.1 Å². The van der Waals surface area contributed by atoms with Gasteiger partial charge in [-0.3, -0.25) is 9.36 Å². The zero-order valence-electron chi connectivity index (χ0n) is 19.0. The van der Waals surface area contributed by atoms with Gasteiger partial charge in [0.15, 0.2) is 0 Å². The number of hydrogen-bond acceptors (Lipinski definition) is 5. The van der Waals surface area contributed by atoms with Gasteiger partial charge in [0.05, 0.1) is 18.4 Å². The summed E-state index contributed by atoms with van der Waals surface area (Å²) in [7, 11) is 2.24. The molecule has 34 heavy (non-hydrogen) atoms. The molecular weight excluding hydrogens is 466 g/mol. The molecule has 0 unspecified atom stereocenters. The van der Waals surface area contributed by atoms with Gasteiger partial charge in [0.2, 0.25) is 0 Å². The monoisotopic (exact) mass is 491 g/mol. The molecule has 0 radical (unpaired) electrons. The Morgan fingerprint density at radius 3 is 2.62 bits per heavy atom. The number of fused-ring (bicyclic) bond motifs is 3. The van der Waals surface area contributed by atoms with Gasteiger partial charge >= 0.3 is 0 Å². The number of thiophene rings is 1. The van der Waals surface area contributed by atoms with E-state index >= 15 is 0 Å². The van der Waals surface area contributed by atoms with E-state index in [-0.39, 0.29) is 11.7 Å². The van der Waals surface area contributed by atoms with Crippen molar-refractivity contribution in [3.63, 3.8) is 0 Å². The van der Waals surface area contributed by atoms with Crippen LogP contribution in [-0.4, -0.2) is 39.7 Å². The summed E-state index contributed by atoms with van der Waals surface area (Å²) in [6, 6.07) is 19.0. The second kappa shape index (κ2) is 8.84. The summed E-state index contributed by atoms with van der Waals surface area (Å²) in [5.74, 6) is 0.884. The Balaban J connectivity index is 1.21. The molecular formula is C27H26ClN3O2S. The molecule has 2 fully saturated rings. The molecule has 0 saturated carbocycles. The Hall–Kier alpha value is -2.67. The van der Waals surface area contributed by atoms with Crippen LogP contribution in [0, 0.1) is 0 Å². The van der Waals surface area contributed by atoms with Crippen LogP contribution in [0.5, 0.6) is 5.75 Å². The van der Waals surface area contributed by atoms with Crippen LogP contribution >= 0.6 is 22.9 Å². The summed E-state index contributed by atoms with van der Waals surface area (Å²) in [5, 5.41) is 0.694. The van der Waals surface area contributed by atoms with E-state index < -0.39 is 0 Å². The molecule has 0 N–H and O–H groups in total. The summed E-state index contributed by atoms with van der Waals surface area (Å²) in [6.07, 6.45) is 6.65. The largest absolute Gasteiger partial charge is 0.490 e. The molecule has 0 amide bonds. The van der Waals surface area contributed by atoms with Crippen LogP contribution in [0.4, 0.5) is 0 Å². The molecule has 2 aromatic heterocycles. The van der Waals surface area contributed by atoms with Crippen LogP contribution < -0.4 is 10.3 Å². The van der Waals surface area contributed by atoms with Crippen molar-refractivity contribution in [3.05, 3.63) is 81.9 Å². The first-order chi connectivity index (χ1) is 16.5. The second-order valence-electron chi connectivity index (χ2n) is 9.42. The third-order valence-corrected chi connectivity index (χ3v) is 8.65. The molecule has 174 valence electrons. The van der Waals surface area contributed by atoms with Gasteiger partial charge in [-0.25, -0.2) is 4.98 Å². The average Bonchev–Trinajstić information content (AvgIpc) is 3.34. The number of piperidine rings is 1. The molecule has 2 aliphatic rings. The first-order valence-corrected chi connectivity index (χ1v) is 13.0. The van der Waals surface area contributed by atoms with E-state index in [2.05, 4.69) is 23.0 Å². The van der Waals surface area contributed by atoms with Crippen LogP contribution in [0.15, 0.2) is 65.7 Å². The number of halogens is 1.